The summed E-state index contributed by atoms with van der Waals surface area (Å²) in [5.41, 5.74) is 0. The molecule has 0 aliphatic rings. The topological polar surface area (TPSA) is 33.2 Å². The fraction of sp³-hybridized carbons (Fsp3) is 0.231. The van der Waals surface area contributed by atoms with Crippen molar-refractivity contribution in [2.45, 2.75) is 12.8 Å². The Bertz CT molecular complexity index is 510. The molecule has 0 spiro atoms. The lowest BCUT2D eigenvalue weighted by molar-refractivity contribution is -0.118. The monoisotopic (exact) mass is 324 g/mol. The highest BCUT2D eigenvalue weighted by atomic mass is 79.9. The number of pyridine rings is 1. The van der Waals surface area contributed by atoms with Crippen LogP contribution in [0.15, 0.2) is 40.3 Å². The van der Waals surface area contributed by atoms with Crippen molar-refractivity contribution >= 4 is 39.0 Å². The number of carbonyl (C=O) groups is 1. The lowest BCUT2D eigenvalue weighted by Crippen LogP contribution is -2.27. The van der Waals surface area contributed by atoms with Gasteiger partial charge in [0.15, 0.2) is 0 Å². The molecule has 2 heterocycles. The van der Waals surface area contributed by atoms with E-state index in [1.807, 2.05) is 23.6 Å². The molecule has 0 unspecified atom stereocenters. The van der Waals surface area contributed by atoms with Gasteiger partial charge in [-0.05, 0) is 45.9 Å². The molecule has 0 aromatic carbocycles. The Hall–Kier alpha value is -1.20. The largest absolute Gasteiger partial charge is 0.300 e. The number of thiophene rings is 1. The van der Waals surface area contributed by atoms with Crippen LogP contribution in [0.2, 0.25) is 0 Å². The number of nitrogens with zero attached hydrogens (tertiary/aromatic N) is 2. The Labute approximate surface area is 119 Å². The third-order valence-corrected chi connectivity index (χ3v) is 4.00. The first-order chi connectivity index (χ1) is 8.66. The van der Waals surface area contributed by atoms with Gasteiger partial charge in [-0.1, -0.05) is 6.07 Å². The van der Waals surface area contributed by atoms with Gasteiger partial charge < -0.3 is 0 Å². The van der Waals surface area contributed by atoms with Crippen LogP contribution < -0.4 is 4.90 Å². The second kappa shape index (κ2) is 6.11. The van der Waals surface area contributed by atoms with E-state index in [9.17, 15) is 4.79 Å². The van der Waals surface area contributed by atoms with E-state index in [1.54, 1.807) is 29.5 Å². The predicted octanol–water partition coefficient (Wildman–Crippen LogP) is 3.50. The van der Waals surface area contributed by atoms with E-state index in [-0.39, 0.29) is 5.91 Å². The first kappa shape index (κ1) is 13.2. The zero-order valence-corrected chi connectivity index (χ0v) is 12.4. The van der Waals surface area contributed by atoms with E-state index >= 15 is 0 Å². The maximum Gasteiger partial charge on any atom is 0.228 e. The van der Waals surface area contributed by atoms with Crippen LogP contribution in [0.25, 0.3) is 0 Å². The molecule has 0 radical (unpaired) electrons. The van der Waals surface area contributed by atoms with Crippen LogP contribution in [-0.2, 0) is 11.2 Å². The summed E-state index contributed by atoms with van der Waals surface area (Å²) in [7, 11) is 1.76. The second-order valence-electron chi connectivity index (χ2n) is 3.87. The van der Waals surface area contributed by atoms with Crippen LogP contribution in [-0.4, -0.2) is 17.9 Å². The van der Waals surface area contributed by atoms with Crippen LogP contribution in [0.1, 0.15) is 11.3 Å². The quantitative estimate of drug-likeness (QED) is 0.862. The molecule has 0 aliphatic carbocycles. The zero-order valence-electron chi connectivity index (χ0n) is 9.97. The van der Waals surface area contributed by atoms with E-state index in [4.69, 9.17) is 0 Å². The molecule has 94 valence electrons. The summed E-state index contributed by atoms with van der Waals surface area (Å²) in [5.74, 6) is 0.757. The van der Waals surface area contributed by atoms with Crippen molar-refractivity contribution in [3.63, 3.8) is 0 Å². The molecule has 2 aromatic heterocycles. The third-order valence-electron chi connectivity index (χ3n) is 2.59. The number of hydrogen-bond acceptors (Lipinski definition) is 3. The lowest BCUT2D eigenvalue weighted by Gasteiger charge is -2.15. The molecule has 0 bridgehead atoms. The molecule has 0 N–H and O–H groups in total. The summed E-state index contributed by atoms with van der Waals surface area (Å²) >= 11 is 5.01. The van der Waals surface area contributed by atoms with Crippen molar-refractivity contribution in [3.8, 4) is 0 Å². The average Bonchev–Trinajstić information content (AvgIpc) is 2.89. The summed E-state index contributed by atoms with van der Waals surface area (Å²) in [6, 6.07) is 7.76. The summed E-state index contributed by atoms with van der Waals surface area (Å²) in [6.45, 7) is 0. The van der Waals surface area contributed by atoms with E-state index in [2.05, 4.69) is 27.0 Å². The minimum atomic E-state index is 0.0817. The minimum absolute atomic E-state index is 0.0817. The highest BCUT2D eigenvalue weighted by molar-refractivity contribution is 9.10. The van der Waals surface area contributed by atoms with Gasteiger partial charge in [0.25, 0.3) is 0 Å². The molecule has 2 rings (SSSR count). The van der Waals surface area contributed by atoms with Gasteiger partial charge in [-0.2, -0.15) is 0 Å². The normalized spacial score (nSPS) is 10.3. The summed E-state index contributed by atoms with van der Waals surface area (Å²) in [5, 5.41) is 2.03. The minimum Gasteiger partial charge on any atom is -0.300 e. The molecular weight excluding hydrogens is 312 g/mol. The van der Waals surface area contributed by atoms with Gasteiger partial charge in [0, 0.05) is 29.0 Å². The van der Waals surface area contributed by atoms with Gasteiger partial charge in [0.05, 0.1) is 0 Å². The predicted molar refractivity (Wildman–Crippen MR) is 78.0 cm³/mol. The lowest BCUT2D eigenvalue weighted by atomic mass is 10.2. The number of aromatic nitrogens is 1. The van der Waals surface area contributed by atoms with Crippen molar-refractivity contribution in [3.05, 3.63) is 45.2 Å². The molecule has 2 aromatic rings. The fourth-order valence-electron chi connectivity index (χ4n) is 1.55. The summed E-state index contributed by atoms with van der Waals surface area (Å²) < 4.78 is 0.908. The molecule has 0 saturated heterocycles. The third kappa shape index (κ3) is 3.40. The van der Waals surface area contributed by atoms with Crippen LogP contribution >= 0.6 is 27.3 Å². The number of halogens is 1. The number of carbonyl (C=O) groups excluding carboxylic acids is 1. The maximum absolute atomic E-state index is 12.0. The molecule has 0 aliphatic heterocycles. The van der Waals surface area contributed by atoms with Gasteiger partial charge >= 0.3 is 0 Å². The van der Waals surface area contributed by atoms with Crippen molar-refractivity contribution in [1.29, 1.82) is 0 Å². The second-order valence-corrected chi connectivity index (χ2v) is 5.81. The van der Waals surface area contributed by atoms with E-state index in [0.717, 1.165) is 10.9 Å². The van der Waals surface area contributed by atoms with Crippen LogP contribution in [0, 0.1) is 0 Å². The number of amides is 1. The molecular formula is C13H13BrN2OS. The number of aryl methyl sites for hydroxylation is 1. The fourth-order valence-corrected chi connectivity index (χ4v) is 2.49. The first-order valence-corrected chi connectivity index (χ1v) is 7.24. The van der Waals surface area contributed by atoms with Gasteiger partial charge in [0.1, 0.15) is 5.82 Å². The van der Waals surface area contributed by atoms with E-state index in [0.29, 0.717) is 12.2 Å². The number of hydrogen-bond donors (Lipinski definition) is 0. The van der Waals surface area contributed by atoms with Gasteiger partial charge in [-0.25, -0.2) is 4.98 Å². The first-order valence-electron chi connectivity index (χ1n) is 5.57. The molecule has 0 atom stereocenters. The van der Waals surface area contributed by atoms with Crippen molar-refractivity contribution < 1.29 is 4.79 Å². The van der Waals surface area contributed by atoms with Crippen molar-refractivity contribution in [2.75, 3.05) is 11.9 Å². The molecule has 0 fully saturated rings. The summed E-state index contributed by atoms with van der Waals surface area (Å²) in [6.07, 6.45) is 2.99. The molecule has 5 heteroatoms. The molecule has 1 amide bonds. The van der Waals surface area contributed by atoms with Crippen molar-refractivity contribution in [1.82, 2.24) is 4.98 Å². The van der Waals surface area contributed by atoms with Gasteiger partial charge in [0.2, 0.25) is 5.91 Å². The Morgan fingerprint density at radius 3 is 2.89 bits per heavy atom. The smallest absolute Gasteiger partial charge is 0.228 e. The SMILES string of the molecule is CN(C(=O)CCc1cccs1)c1ccc(Br)cn1. The Morgan fingerprint density at radius 1 is 1.44 bits per heavy atom. The van der Waals surface area contributed by atoms with E-state index < -0.39 is 0 Å². The van der Waals surface area contributed by atoms with Crippen LogP contribution in [0.4, 0.5) is 5.82 Å². The average molecular weight is 325 g/mol. The van der Waals surface area contributed by atoms with E-state index in [1.165, 1.54) is 4.88 Å². The van der Waals surface area contributed by atoms with Crippen LogP contribution in [0.5, 0.6) is 0 Å². The Balaban J connectivity index is 1.94. The van der Waals surface area contributed by atoms with Crippen LogP contribution in [0.3, 0.4) is 0 Å². The zero-order chi connectivity index (χ0) is 13.0. The van der Waals surface area contributed by atoms with Crippen molar-refractivity contribution in [2.24, 2.45) is 0 Å². The Morgan fingerprint density at radius 2 is 2.28 bits per heavy atom. The highest BCUT2D eigenvalue weighted by Crippen LogP contribution is 2.16. The molecule has 0 saturated carbocycles. The Kier molecular flexibility index (Phi) is 4.49. The number of rotatable bonds is 4. The maximum atomic E-state index is 12.0. The molecule has 3 nitrogen and oxygen atoms in total. The van der Waals surface area contributed by atoms with Gasteiger partial charge in [-0.3, -0.25) is 9.69 Å². The summed E-state index contributed by atoms with van der Waals surface area (Å²) in [4.78, 5) is 19.0. The standard InChI is InChI=1S/C13H13BrN2OS/c1-16(12-6-4-10(14)9-15-12)13(17)7-5-11-3-2-8-18-11/h2-4,6,8-9H,5,7H2,1H3. The highest BCUT2D eigenvalue weighted by Gasteiger charge is 2.12. The number of anilines is 1. The van der Waals surface area contributed by atoms with Gasteiger partial charge in [-0.15, -0.1) is 11.3 Å². The molecule has 18 heavy (non-hydrogen) atoms.